The maximum atomic E-state index is 9.32. The minimum Gasteiger partial charge on any atom is -0.493 e. The van der Waals surface area contributed by atoms with Crippen LogP contribution in [-0.4, -0.2) is 44.0 Å². The first kappa shape index (κ1) is 27.0. The van der Waals surface area contributed by atoms with Crippen LogP contribution in [-0.2, 0) is 17.9 Å². The fraction of sp³-hybridized carbons (Fsp3) is 0.355. The number of thiophene rings is 1. The largest absolute Gasteiger partial charge is 0.493 e. The molecule has 0 spiro atoms. The molecule has 200 valence electrons. The third kappa shape index (κ3) is 5.70. The molecule has 1 aliphatic rings. The summed E-state index contributed by atoms with van der Waals surface area (Å²) in [6.07, 6.45) is 2.80. The SMILES string of the molecule is COc1cc2c(cc1OC)-c1sc3ccc(Cl)cc3c1COC[C@@H](c1ccccc1)N(CCCCCO)C2. The number of halogens is 1. The number of hydrogen-bond donors (Lipinski definition) is 1. The van der Waals surface area contributed by atoms with Gasteiger partial charge in [0.25, 0.3) is 0 Å². The number of benzene rings is 3. The van der Waals surface area contributed by atoms with E-state index in [4.69, 9.17) is 25.8 Å². The van der Waals surface area contributed by atoms with Crippen LogP contribution in [0, 0.1) is 0 Å². The molecule has 0 bridgehead atoms. The first-order valence-corrected chi connectivity index (χ1v) is 14.3. The van der Waals surface area contributed by atoms with Gasteiger partial charge in [0.1, 0.15) is 0 Å². The molecule has 1 aliphatic heterocycles. The van der Waals surface area contributed by atoms with Gasteiger partial charge in [-0.3, -0.25) is 4.90 Å². The Bertz CT molecular complexity index is 1370. The van der Waals surface area contributed by atoms with E-state index in [1.165, 1.54) is 20.7 Å². The molecular formula is C31H34ClNO4S. The Labute approximate surface area is 233 Å². The van der Waals surface area contributed by atoms with E-state index in [1.807, 2.05) is 12.1 Å². The maximum Gasteiger partial charge on any atom is 0.161 e. The van der Waals surface area contributed by atoms with Crippen LogP contribution in [0.4, 0.5) is 0 Å². The highest BCUT2D eigenvalue weighted by molar-refractivity contribution is 7.22. The number of rotatable bonds is 8. The lowest BCUT2D eigenvalue weighted by molar-refractivity contribution is 0.0448. The molecule has 2 heterocycles. The smallest absolute Gasteiger partial charge is 0.161 e. The first-order valence-electron chi connectivity index (χ1n) is 13.1. The summed E-state index contributed by atoms with van der Waals surface area (Å²) >= 11 is 8.20. The topological polar surface area (TPSA) is 51.2 Å². The molecule has 0 amide bonds. The lowest BCUT2D eigenvalue weighted by Crippen LogP contribution is -2.33. The Balaban J connectivity index is 1.67. The van der Waals surface area contributed by atoms with Crippen molar-refractivity contribution in [3.8, 4) is 21.9 Å². The second kappa shape index (κ2) is 12.5. The lowest BCUT2D eigenvalue weighted by atomic mass is 9.97. The molecule has 0 fully saturated rings. The van der Waals surface area contributed by atoms with Gasteiger partial charge in [0.15, 0.2) is 11.5 Å². The van der Waals surface area contributed by atoms with Crippen molar-refractivity contribution in [1.82, 2.24) is 4.90 Å². The van der Waals surface area contributed by atoms with Gasteiger partial charge in [-0.1, -0.05) is 41.9 Å². The minimum absolute atomic E-state index is 0.0845. The van der Waals surface area contributed by atoms with Gasteiger partial charge in [-0.25, -0.2) is 0 Å². The summed E-state index contributed by atoms with van der Waals surface area (Å²) < 4.78 is 19.2. The van der Waals surface area contributed by atoms with Crippen LogP contribution in [0.1, 0.15) is 42.0 Å². The summed E-state index contributed by atoms with van der Waals surface area (Å²) in [6, 6.07) is 21.0. The predicted molar refractivity (Wildman–Crippen MR) is 156 cm³/mol. The van der Waals surface area contributed by atoms with Crippen LogP contribution in [0.5, 0.6) is 11.5 Å². The maximum absolute atomic E-state index is 9.32. The van der Waals surface area contributed by atoms with Gasteiger partial charge in [0.2, 0.25) is 0 Å². The van der Waals surface area contributed by atoms with Crippen LogP contribution in [0.25, 0.3) is 20.5 Å². The van der Waals surface area contributed by atoms with Crippen LogP contribution in [0.15, 0.2) is 60.7 Å². The minimum atomic E-state index is 0.0845. The van der Waals surface area contributed by atoms with Crippen LogP contribution in [0.3, 0.4) is 0 Å². The van der Waals surface area contributed by atoms with E-state index in [0.717, 1.165) is 59.6 Å². The number of methoxy groups -OCH3 is 2. The quantitative estimate of drug-likeness (QED) is 0.230. The van der Waals surface area contributed by atoms with Gasteiger partial charge >= 0.3 is 0 Å². The normalized spacial score (nSPS) is 16.2. The zero-order valence-electron chi connectivity index (χ0n) is 21.9. The van der Waals surface area contributed by atoms with Gasteiger partial charge in [0, 0.05) is 44.3 Å². The van der Waals surface area contributed by atoms with E-state index in [0.29, 0.717) is 19.0 Å². The monoisotopic (exact) mass is 551 g/mol. The third-order valence-corrected chi connectivity index (χ3v) is 8.71. The molecule has 0 aliphatic carbocycles. The molecule has 1 aromatic heterocycles. The zero-order valence-corrected chi connectivity index (χ0v) is 23.5. The van der Waals surface area contributed by atoms with Gasteiger partial charge in [-0.05, 0) is 67.3 Å². The molecular weight excluding hydrogens is 518 g/mol. The number of hydrogen-bond acceptors (Lipinski definition) is 6. The Kier molecular flexibility index (Phi) is 8.87. The number of aliphatic hydroxyl groups excluding tert-OH is 1. The van der Waals surface area contributed by atoms with E-state index in [1.54, 1.807) is 25.6 Å². The van der Waals surface area contributed by atoms with Crippen LogP contribution < -0.4 is 9.47 Å². The van der Waals surface area contributed by atoms with Crippen LogP contribution >= 0.6 is 22.9 Å². The number of fused-ring (bicyclic) bond motifs is 5. The number of ether oxygens (including phenoxy) is 3. The molecule has 4 aromatic rings. The summed E-state index contributed by atoms with van der Waals surface area (Å²) in [4.78, 5) is 3.68. The first-order chi connectivity index (χ1) is 18.6. The highest BCUT2D eigenvalue weighted by Gasteiger charge is 2.27. The average molecular weight is 552 g/mol. The molecule has 38 heavy (non-hydrogen) atoms. The Hall–Kier alpha value is -2.61. The van der Waals surface area contributed by atoms with Gasteiger partial charge in [-0.2, -0.15) is 0 Å². The average Bonchev–Trinajstić information content (AvgIpc) is 3.30. The molecule has 7 heteroatoms. The predicted octanol–water partition coefficient (Wildman–Crippen LogP) is 7.48. The standard InChI is InChI=1S/C31H34ClNO4S/c1-35-28-15-22-18-33(13-7-4-8-14-34)27(21-9-5-3-6-10-21)20-37-19-26-25-16-23(32)11-12-30(25)38-31(26)24(22)17-29(28)36-2/h3,5-6,9-12,15-17,27,34H,4,7-8,13-14,18-20H2,1-2H3/t27-/m0/s1. The van der Waals surface area contributed by atoms with E-state index < -0.39 is 0 Å². The number of aliphatic hydroxyl groups is 1. The van der Waals surface area contributed by atoms with E-state index >= 15 is 0 Å². The molecule has 0 saturated carbocycles. The highest BCUT2D eigenvalue weighted by Crippen LogP contribution is 2.45. The van der Waals surface area contributed by atoms with Crippen molar-refractivity contribution in [2.45, 2.75) is 38.5 Å². The van der Waals surface area contributed by atoms with E-state index in [9.17, 15) is 5.11 Å². The van der Waals surface area contributed by atoms with Gasteiger partial charge in [-0.15, -0.1) is 11.3 Å². The van der Waals surface area contributed by atoms with Crippen molar-refractivity contribution in [1.29, 1.82) is 0 Å². The summed E-state index contributed by atoms with van der Waals surface area (Å²) in [5, 5.41) is 11.2. The van der Waals surface area contributed by atoms with Crippen molar-refractivity contribution in [2.24, 2.45) is 0 Å². The second-order valence-electron chi connectivity index (χ2n) is 9.61. The molecule has 0 saturated heterocycles. The Morgan fingerprint density at radius 3 is 2.55 bits per heavy atom. The summed E-state index contributed by atoms with van der Waals surface area (Å²) in [5.41, 5.74) is 4.71. The molecule has 0 radical (unpaired) electrons. The molecule has 5 nitrogen and oxygen atoms in total. The lowest BCUT2D eigenvalue weighted by Gasteiger charge is -2.34. The summed E-state index contributed by atoms with van der Waals surface area (Å²) in [6.45, 7) is 2.91. The number of nitrogens with zero attached hydrogens (tertiary/aromatic N) is 1. The number of unbranched alkanes of at least 4 members (excludes halogenated alkanes) is 2. The van der Waals surface area contributed by atoms with Gasteiger partial charge < -0.3 is 19.3 Å². The fourth-order valence-electron chi connectivity index (χ4n) is 5.27. The van der Waals surface area contributed by atoms with Crippen molar-refractivity contribution in [3.05, 3.63) is 82.4 Å². The van der Waals surface area contributed by atoms with Crippen molar-refractivity contribution < 1.29 is 19.3 Å². The molecule has 0 unspecified atom stereocenters. The summed E-state index contributed by atoms with van der Waals surface area (Å²) in [5.74, 6) is 1.43. The second-order valence-corrected chi connectivity index (χ2v) is 11.1. The van der Waals surface area contributed by atoms with Crippen molar-refractivity contribution >= 4 is 33.0 Å². The van der Waals surface area contributed by atoms with E-state index in [2.05, 4.69) is 53.4 Å². The molecule has 1 atom stereocenters. The van der Waals surface area contributed by atoms with Crippen LogP contribution in [0.2, 0.25) is 5.02 Å². The third-order valence-electron chi connectivity index (χ3n) is 7.23. The van der Waals surface area contributed by atoms with Crippen molar-refractivity contribution in [2.75, 3.05) is 34.0 Å². The van der Waals surface area contributed by atoms with Crippen molar-refractivity contribution in [3.63, 3.8) is 0 Å². The van der Waals surface area contributed by atoms with Gasteiger partial charge in [0.05, 0.1) is 33.5 Å². The fourth-order valence-corrected chi connectivity index (χ4v) is 6.68. The Morgan fingerprint density at radius 2 is 1.79 bits per heavy atom. The Morgan fingerprint density at radius 1 is 1.00 bits per heavy atom. The molecule has 1 N–H and O–H groups in total. The van der Waals surface area contributed by atoms with E-state index in [-0.39, 0.29) is 12.6 Å². The molecule has 3 aromatic carbocycles. The summed E-state index contributed by atoms with van der Waals surface area (Å²) in [7, 11) is 3.36. The zero-order chi connectivity index (χ0) is 26.5. The highest BCUT2D eigenvalue weighted by atomic mass is 35.5. The molecule has 5 rings (SSSR count).